The van der Waals surface area contributed by atoms with E-state index in [-0.39, 0.29) is 5.43 Å². The number of aromatic nitrogens is 1. The van der Waals surface area contributed by atoms with Crippen molar-refractivity contribution in [2.45, 2.75) is 97.4 Å². The van der Waals surface area contributed by atoms with Crippen molar-refractivity contribution in [2.75, 3.05) is 0 Å². The monoisotopic (exact) mass is 379 g/mol. The summed E-state index contributed by atoms with van der Waals surface area (Å²) in [5.74, 6) is 6.66. The molecule has 2 nitrogen and oxygen atoms in total. The summed E-state index contributed by atoms with van der Waals surface area (Å²) in [4.78, 5) is 12.4. The number of hydrogen-bond acceptors (Lipinski definition) is 1. The summed E-state index contributed by atoms with van der Waals surface area (Å²) in [5.41, 5.74) is 2.30. The second-order valence-corrected chi connectivity index (χ2v) is 7.75. The Bertz CT molecular complexity index is 822. The first kappa shape index (κ1) is 22.3. The van der Waals surface area contributed by atoms with Crippen LogP contribution in [0.3, 0.4) is 0 Å². The lowest BCUT2D eigenvalue weighted by molar-refractivity contribution is 0.579. The van der Waals surface area contributed by atoms with Gasteiger partial charge in [0, 0.05) is 36.5 Å². The molecule has 0 spiro atoms. The summed E-state index contributed by atoms with van der Waals surface area (Å²) in [6.07, 6.45) is 14.5. The summed E-state index contributed by atoms with van der Waals surface area (Å²) in [6, 6.07) is 9.76. The number of fused-ring (bicyclic) bond motifs is 1. The number of para-hydroxylation sites is 1. The van der Waals surface area contributed by atoms with E-state index in [4.69, 9.17) is 0 Å². The highest BCUT2D eigenvalue weighted by atomic mass is 16.1. The highest BCUT2D eigenvalue weighted by Gasteiger charge is 2.07. The summed E-state index contributed by atoms with van der Waals surface area (Å²) >= 11 is 0. The third-order valence-electron chi connectivity index (χ3n) is 5.34. The van der Waals surface area contributed by atoms with Gasteiger partial charge in [-0.25, -0.2) is 0 Å². The molecule has 0 fully saturated rings. The van der Waals surface area contributed by atoms with Gasteiger partial charge in [0.15, 0.2) is 5.43 Å². The van der Waals surface area contributed by atoms with Gasteiger partial charge in [-0.15, -0.1) is 11.8 Å². The molecule has 0 N–H and O–H groups in total. The Hall–Kier alpha value is -2.01. The molecule has 1 heterocycles. The number of aryl methyl sites for hydroxylation is 2. The molecule has 0 aliphatic rings. The van der Waals surface area contributed by atoms with Gasteiger partial charge in [-0.3, -0.25) is 4.79 Å². The van der Waals surface area contributed by atoms with Crippen molar-refractivity contribution in [1.29, 1.82) is 0 Å². The lowest BCUT2D eigenvalue weighted by atomic mass is 10.1. The molecule has 0 bridgehead atoms. The molecule has 1 aromatic carbocycles. The standard InChI is InChI=1S/C26H37NO/c1-3-5-6-7-8-9-10-11-12-13-14-15-18-23-22-26(28)24-19-16-17-20-25(24)27(23)21-4-2/h16-17,19-20,22H,3-12,15,18,21H2,1-2H3. The first-order valence-corrected chi connectivity index (χ1v) is 11.3. The van der Waals surface area contributed by atoms with E-state index >= 15 is 0 Å². The van der Waals surface area contributed by atoms with E-state index in [2.05, 4.69) is 36.3 Å². The molecule has 28 heavy (non-hydrogen) atoms. The second kappa shape index (κ2) is 13.2. The fourth-order valence-corrected chi connectivity index (χ4v) is 3.79. The minimum Gasteiger partial charge on any atom is -0.344 e. The van der Waals surface area contributed by atoms with Crippen molar-refractivity contribution in [2.24, 2.45) is 0 Å². The number of nitrogens with zero attached hydrogens (tertiary/aromatic N) is 1. The van der Waals surface area contributed by atoms with E-state index in [9.17, 15) is 4.79 Å². The first-order valence-electron chi connectivity index (χ1n) is 11.3. The van der Waals surface area contributed by atoms with Crippen LogP contribution in [0, 0.1) is 11.8 Å². The minimum atomic E-state index is 0.129. The molecule has 2 rings (SSSR count). The molecule has 0 aliphatic carbocycles. The molecule has 2 heteroatoms. The number of benzene rings is 1. The molecule has 0 aliphatic heterocycles. The normalized spacial score (nSPS) is 10.8. The van der Waals surface area contributed by atoms with Crippen molar-refractivity contribution < 1.29 is 0 Å². The van der Waals surface area contributed by atoms with E-state index in [0.717, 1.165) is 48.8 Å². The number of hydrogen-bond donors (Lipinski definition) is 0. The molecule has 0 amide bonds. The zero-order valence-corrected chi connectivity index (χ0v) is 17.9. The molecule has 0 atom stereocenters. The van der Waals surface area contributed by atoms with Crippen LogP contribution < -0.4 is 5.43 Å². The fraction of sp³-hybridized carbons (Fsp3) is 0.577. The van der Waals surface area contributed by atoms with Gasteiger partial charge in [-0.1, -0.05) is 70.9 Å². The topological polar surface area (TPSA) is 22.0 Å². The van der Waals surface area contributed by atoms with Gasteiger partial charge in [0.1, 0.15) is 0 Å². The Morgan fingerprint density at radius 3 is 2.25 bits per heavy atom. The molecule has 2 aromatic rings. The number of unbranched alkanes of at least 4 members (excludes halogenated alkanes) is 8. The smallest absolute Gasteiger partial charge is 0.189 e. The highest BCUT2D eigenvalue weighted by molar-refractivity contribution is 5.79. The van der Waals surface area contributed by atoms with Crippen LogP contribution in [0.2, 0.25) is 0 Å². The van der Waals surface area contributed by atoms with Gasteiger partial charge >= 0.3 is 0 Å². The maximum absolute atomic E-state index is 12.4. The third kappa shape index (κ3) is 7.19. The summed E-state index contributed by atoms with van der Waals surface area (Å²) < 4.78 is 2.30. The maximum atomic E-state index is 12.4. The van der Waals surface area contributed by atoms with Crippen LogP contribution in [0.5, 0.6) is 0 Å². The quantitative estimate of drug-likeness (QED) is 0.291. The Labute approximate surface area is 171 Å². The van der Waals surface area contributed by atoms with Crippen LogP contribution in [0.25, 0.3) is 10.9 Å². The lowest BCUT2D eigenvalue weighted by Gasteiger charge is -2.15. The minimum absolute atomic E-state index is 0.129. The van der Waals surface area contributed by atoms with Crippen molar-refractivity contribution in [3.05, 3.63) is 46.2 Å². The van der Waals surface area contributed by atoms with E-state index in [1.165, 1.54) is 51.4 Å². The summed E-state index contributed by atoms with van der Waals surface area (Å²) in [6.45, 7) is 5.39. The highest BCUT2D eigenvalue weighted by Crippen LogP contribution is 2.15. The maximum Gasteiger partial charge on any atom is 0.189 e. The van der Waals surface area contributed by atoms with Crippen molar-refractivity contribution in [3.8, 4) is 11.8 Å². The number of rotatable bonds is 12. The van der Waals surface area contributed by atoms with Gasteiger partial charge in [0.25, 0.3) is 0 Å². The molecular weight excluding hydrogens is 342 g/mol. The van der Waals surface area contributed by atoms with Crippen LogP contribution >= 0.6 is 0 Å². The van der Waals surface area contributed by atoms with E-state index in [1.807, 2.05) is 24.3 Å². The van der Waals surface area contributed by atoms with Gasteiger partial charge in [-0.2, -0.15) is 0 Å². The van der Waals surface area contributed by atoms with E-state index in [1.54, 1.807) is 0 Å². The van der Waals surface area contributed by atoms with Crippen LogP contribution in [-0.2, 0) is 13.0 Å². The average molecular weight is 380 g/mol. The second-order valence-electron chi connectivity index (χ2n) is 7.75. The molecule has 152 valence electrons. The molecular formula is C26H37NO. The summed E-state index contributed by atoms with van der Waals surface area (Å²) in [7, 11) is 0. The molecule has 0 saturated heterocycles. The average Bonchev–Trinajstić information content (AvgIpc) is 2.71. The van der Waals surface area contributed by atoms with Crippen LogP contribution in [0.4, 0.5) is 0 Å². The molecule has 0 saturated carbocycles. The lowest BCUT2D eigenvalue weighted by Crippen LogP contribution is -2.14. The van der Waals surface area contributed by atoms with Gasteiger partial charge < -0.3 is 4.57 Å². The van der Waals surface area contributed by atoms with Crippen LogP contribution in [0.1, 0.15) is 90.2 Å². The van der Waals surface area contributed by atoms with Gasteiger partial charge in [0.05, 0.1) is 5.52 Å². The zero-order chi connectivity index (χ0) is 20.0. The molecule has 0 radical (unpaired) electrons. The van der Waals surface area contributed by atoms with Crippen LogP contribution in [-0.4, -0.2) is 4.57 Å². The SMILES string of the molecule is CCCCCCCCCCC#CCCc1cc(=O)c2ccccc2n1CCC. The Kier molecular flexibility index (Phi) is 10.5. The molecule has 1 aromatic heterocycles. The Morgan fingerprint density at radius 1 is 0.821 bits per heavy atom. The zero-order valence-electron chi connectivity index (χ0n) is 17.9. The summed E-state index contributed by atoms with van der Waals surface area (Å²) in [5, 5.41) is 0.820. The van der Waals surface area contributed by atoms with Gasteiger partial charge in [-0.05, 0) is 31.4 Å². The van der Waals surface area contributed by atoms with E-state index < -0.39 is 0 Å². The largest absolute Gasteiger partial charge is 0.344 e. The van der Waals surface area contributed by atoms with Crippen LogP contribution in [0.15, 0.2) is 35.1 Å². The van der Waals surface area contributed by atoms with Crippen molar-refractivity contribution in [1.82, 2.24) is 4.57 Å². The van der Waals surface area contributed by atoms with Crippen molar-refractivity contribution >= 4 is 10.9 Å². The Morgan fingerprint density at radius 2 is 1.50 bits per heavy atom. The molecule has 0 unspecified atom stereocenters. The fourth-order valence-electron chi connectivity index (χ4n) is 3.79. The third-order valence-corrected chi connectivity index (χ3v) is 5.34. The first-order chi connectivity index (χ1) is 13.8. The van der Waals surface area contributed by atoms with Gasteiger partial charge in [0.2, 0.25) is 0 Å². The van der Waals surface area contributed by atoms with Crippen molar-refractivity contribution in [3.63, 3.8) is 0 Å². The number of pyridine rings is 1. The van der Waals surface area contributed by atoms with E-state index in [0.29, 0.717) is 0 Å². The predicted molar refractivity (Wildman–Crippen MR) is 122 cm³/mol. The Balaban J connectivity index is 1.79. The predicted octanol–water partition coefficient (Wildman–Crippen LogP) is 6.88.